The summed E-state index contributed by atoms with van der Waals surface area (Å²) in [6.07, 6.45) is 0. The third-order valence-corrected chi connectivity index (χ3v) is 2.68. The van der Waals surface area contributed by atoms with Crippen LogP contribution >= 0.6 is 0 Å². The Hall–Kier alpha value is -2.50. The first-order valence-corrected chi connectivity index (χ1v) is 5.68. The minimum absolute atomic E-state index is 0.0827. The smallest absolute Gasteiger partial charge is 0.335 e. The Morgan fingerprint density at radius 2 is 1.60 bits per heavy atom. The van der Waals surface area contributed by atoms with Crippen LogP contribution in [0.25, 0.3) is 0 Å². The Labute approximate surface area is 112 Å². The summed E-state index contributed by atoms with van der Waals surface area (Å²) in [7, 11) is 0. The van der Waals surface area contributed by atoms with Gasteiger partial charge in [0, 0.05) is 18.7 Å². The summed E-state index contributed by atoms with van der Waals surface area (Å²) in [6, 6.07) is 6.98. The van der Waals surface area contributed by atoms with Crippen molar-refractivity contribution in [2.24, 2.45) is 0 Å². The van der Waals surface area contributed by atoms with Gasteiger partial charge in [-0.15, -0.1) is 0 Å². The van der Waals surface area contributed by atoms with E-state index in [1.54, 1.807) is 0 Å². The standard InChI is InChI=1S/C14H10F3NO2/c15-10-5-11(16)13(12(17)6-10)18-7-8-1-3-9(4-2-8)14(19)20/h1-6,18H,7H2,(H,19,20). The molecule has 0 atom stereocenters. The topological polar surface area (TPSA) is 49.3 Å². The van der Waals surface area contributed by atoms with Crippen molar-refractivity contribution in [2.75, 3.05) is 5.32 Å². The molecule has 0 spiro atoms. The van der Waals surface area contributed by atoms with Crippen LogP contribution in [-0.4, -0.2) is 11.1 Å². The van der Waals surface area contributed by atoms with Crippen molar-refractivity contribution < 1.29 is 23.1 Å². The molecule has 0 aliphatic carbocycles. The van der Waals surface area contributed by atoms with Gasteiger partial charge in [-0.3, -0.25) is 0 Å². The van der Waals surface area contributed by atoms with Crippen molar-refractivity contribution in [1.29, 1.82) is 0 Å². The summed E-state index contributed by atoms with van der Waals surface area (Å²) in [6.45, 7) is 0.0827. The van der Waals surface area contributed by atoms with Crippen LogP contribution in [0, 0.1) is 17.5 Å². The lowest BCUT2D eigenvalue weighted by atomic mass is 10.1. The van der Waals surface area contributed by atoms with Gasteiger partial charge in [0.05, 0.1) is 5.56 Å². The first-order chi connectivity index (χ1) is 9.47. The summed E-state index contributed by atoms with van der Waals surface area (Å²) in [5.41, 5.74) is 0.333. The number of carboxylic acid groups (broad SMARTS) is 1. The Kier molecular flexibility index (Phi) is 3.93. The summed E-state index contributed by atoms with van der Waals surface area (Å²) < 4.78 is 39.5. The average Bonchev–Trinajstić information content (AvgIpc) is 2.38. The number of nitrogens with one attached hydrogen (secondary N) is 1. The molecule has 3 nitrogen and oxygen atoms in total. The van der Waals surface area contributed by atoms with E-state index in [0.717, 1.165) is 0 Å². The lowest BCUT2D eigenvalue weighted by Gasteiger charge is -2.09. The van der Waals surface area contributed by atoms with E-state index in [1.807, 2.05) is 0 Å². The number of benzene rings is 2. The molecule has 0 aliphatic rings. The molecule has 0 saturated heterocycles. The monoisotopic (exact) mass is 281 g/mol. The third-order valence-electron chi connectivity index (χ3n) is 2.68. The molecule has 2 aromatic carbocycles. The molecule has 0 unspecified atom stereocenters. The molecule has 2 aromatic rings. The van der Waals surface area contributed by atoms with Crippen molar-refractivity contribution in [3.8, 4) is 0 Å². The van der Waals surface area contributed by atoms with Crippen LogP contribution in [-0.2, 0) is 6.54 Å². The quantitative estimate of drug-likeness (QED) is 0.902. The molecule has 20 heavy (non-hydrogen) atoms. The van der Waals surface area contributed by atoms with Gasteiger partial charge >= 0.3 is 5.97 Å². The zero-order chi connectivity index (χ0) is 14.7. The number of carboxylic acids is 1. The van der Waals surface area contributed by atoms with E-state index in [1.165, 1.54) is 24.3 Å². The fourth-order valence-corrected chi connectivity index (χ4v) is 1.67. The van der Waals surface area contributed by atoms with E-state index >= 15 is 0 Å². The Morgan fingerprint density at radius 3 is 2.10 bits per heavy atom. The minimum Gasteiger partial charge on any atom is -0.478 e. The highest BCUT2D eigenvalue weighted by atomic mass is 19.1. The zero-order valence-corrected chi connectivity index (χ0v) is 10.2. The number of halogens is 3. The second kappa shape index (κ2) is 5.64. The molecule has 0 amide bonds. The van der Waals surface area contributed by atoms with Crippen LogP contribution in [0.2, 0.25) is 0 Å². The number of rotatable bonds is 4. The third kappa shape index (κ3) is 3.09. The molecule has 0 saturated carbocycles. The van der Waals surface area contributed by atoms with E-state index in [0.29, 0.717) is 17.7 Å². The van der Waals surface area contributed by atoms with Crippen LogP contribution in [0.5, 0.6) is 0 Å². The highest BCUT2D eigenvalue weighted by molar-refractivity contribution is 5.87. The summed E-state index contributed by atoms with van der Waals surface area (Å²) in [4.78, 5) is 10.7. The molecule has 6 heteroatoms. The van der Waals surface area contributed by atoms with E-state index in [-0.39, 0.29) is 12.1 Å². The molecule has 0 aromatic heterocycles. The molecular weight excluding hydrogens is 271 g/mol. The van der Waals surface area contributed by atoms with E-state index < -0.39 is 29.1 Å². The maximum absolute atomic E-state index is 13.4. The Morgan fingerprint density at radius 1 is 1.05 bits per heavy atom. The van der Waals surface area contributed by atoms with Gasteiger partial charge < -0.3 is 10.4 Å². The van der Waals surface area contributed by atoms with Gasteiger partial charge in [0.15, 0.2) is 11.6 Å². The number of anilines is 1. The number of hydrogen-bond donors (Lipinski definition) is 2. The maximum Gasteiger partial charge on any atom is 0.335 e. The van der Waals surface area contributed by atoms with E-state index in [9.17, 15) is 18.0 Å². The Balaban J connectivity index is 2.11. The second-order valence-electron chi connectivity index (χ2n) is 4.10. The molecule has 0 bridgehead atoms. The lowest BCUT2D eigenvalue weighted by molar-refractivity contribution is 0.0697. The zero-order valence-electron chi connectivity index (χ0n) is 10.2. The normalized spacial score (nSPS) is 10.3. The van der Waals surface area contributed by atoms with E-state index in [2.05, 4.69) is 5.32 Å². The Bertz CT molecular complexity index is 618. The largest absolute Gasteiger partial charge is 0.478 e. The first-order valence-electron chi connectivity index (χ1n) is 5.68. The van der Waals surface area contributed by atoms with E-state index in [4.69, 9.17) is 5.11 Å². The minimum atomic E-state index is -1.06. The fraction of sp³-hybridized carbons (Fsp3) is 0.0714. The van der Waals surface area contributed by atoms with Crippen LogP contribution < -0.4 is 5.32 Å². The fourth-order valence-electron chi connectivity index (χ4n) is 1.67. The van der Waals surface area contributed by atoms with Crippen LogP contribution in [0.1, 0.15) is 15.9 Å². The van der Waals surface area contributed by atoms with Crippen molar-refractivity contribution in [1.82, 2.24) is 0 Å². The molecule has 0 fully saturated rings. The predicted molar refractivity (Wildman–Crippen MR) is 67.0 cm³/mol. The summed E-state index contributed by atoms with van der Waals surface area (Å²) in [5, 5.41) is 11.2. The molecule has 2 rings (SSSR count). The van der Waals surface area contributed by atoms with Crippen LogP contribution in [0.3, 0.4) is 0 Å². The molecule has 0 radical (unpaired) electrons. The van der Waals surface area contributed by atoms with Crippen molar-refractivity contribution in [2.45, 2.75) is 6.54 Å². The highest BCUT2D eigenvalue weighted by Gasteiger charge is 2.11. The predicted octanol–water partition coefficient (Wildman–Crippen LogP) is 3.41. The van der Waals surface area contributed by atoms with Gasteiger partial charge in [-0.25, -0.2) is 18.0 Å². The molecule has 2 N–H and O–H groups in total. The summed E-state index contributed by atoms with van der Waals surface area (Å²) >= 11 is 0. The first kappa shape index (κ1) is 13.9. The van der Waals surface area contributed by atoms with Crippen molar-refractivity contribution in [3.63, 3.8) is 0 Å². The van der Waals surface area contributed by atoms with Gasteiger partial charge in [0.25, 0.3) is 0 Å². The van der Waals surface area contributed by atoms with Crippen LogP contribution in [0.15, 0.2) is 36.4 Å². The average molecular weight is 281 g/mol. The lowest BCUT2D eigenvalue weighted by Crippen LogP contribution is -2.05. The SMILES string of the molecule is O=C(O)c1ccc(CNc2c(F)cc(F)cc2F)cc1. The number of hydrogen-bond acceptors (Lipinski definition) is 2. The highest BCUT2D eigenvalue weighted by Crippen LogP contribution is 2.21. The number of aromatic carboxylic acids is 1. The van der Waals surface area contributed by atoms with Crippen molar-refractivity contribution >= 4 is 11.7 Å². The van der Waals surface area contributed by atoms with Gasteiger partial charge in [-0.1, -0.05) is 12.1 Å². The summed E-state index contributed by atoms with van der Waals surface area (Å²) in [5.74, 6) is -4.09. The second-order valence-corrected chi connectivity index (χ2v) is 4.10. The van der Waals surface area contributed by atoms with Gasteiger partial charge in [0.1, 0.15) is 11.5 Å². The van der Waals surface area contributed by atoms with Gasteiger partial charge in [-0.2, -0.15) is 0 Å². The van der Waals surface area contributed by atoms with Gasteiger partial charge in [0.2, 0.25) is 0 Å². The molecule has 0 aliphatic heterocycles. The molecular formula is C14H10F3NO2. The van der Waals surface area contributed by atoms with Crippen LogP contribution in [0.4, 0.5) is 18.9 Å². The number of carbonyl (C=O) groups is 1. The molecule has 104 valence electrons. The maximum atomic E-state index is 13.4. The molecule has 0 heterocycles. The van der Waals surface area contributed by atoms with Crippen molar-refractivity contribution in [3.05, 3.63) is 65.0 Å². The van der Waals surface area contributed by atoms with Gasteiger partial charge in [-0.05, 0) is 17.7 Å².